The lowest BCUT2D eigenvalue weighted by Crippen LogP contribution is -2.16. The zero-order chi connectivity index (χ0) is 20.2. The monoisotopic (exact) mass is 407 g/mol. The highest BCUT2D eigenvalue weighted by Gasteiger charge is 2.28. The summed E-state index contributed by atoms with van der Waals surface area (Å²) in [6.07, 6.45) is 3.02. The minimum Gasteiger partial charge on any atom is -0.465 e. The Kier molecular flexibility index (Phi) is 5.62. The van der Waals surface area contributed by atoms with E-state index in [2.05, 4.69) is 5.32 Å². The van der Waals surface area contributed by atoms with Crippen molar-refractivity contribution in [3.8, 4) is 11.5 Å². The fourth-order valence-electron chi connectivity index (χ4n) is 3.51. The van der Waals surface area contributed by atoms with Gasteiger partial charge < -0.3 is 14.8 Å². The third-order valence-corrected chi connectivity index (χ3v) is 6.01. The topological polar surface area (TPSA) is 64.6 Å². The molecule has 1 aromatic heterocycles. The Labute approximate surface area is 173 Å². The first-order chi connectivity index (χ1) is 14.1. The summed E-state index contributed by atoms with van der Waals surface area (Å²) in [6.45, 7) is 0. The van der Waals surface area contributed by atoms with Crippen LogP contribution < -0.4 is 10.1 Å². The number of ether oxygens (including phenoxy) is 2. The number of aryl methyl sites for hydroxylation is 1. The number of fused-ring (bicyclic) bond motifs is 1. The van der Waals surface area contributed by atoms with E-state index in [0.29, 0.717) is 16.3 Å². The first kappa shape index (κ1) is 19.2. The second-order valence-corrected chi connectivity index (χ2v) is 7.95. The predicted molar refractivity (Wildman–Crippen MR) is 113 cm³/mol. The highest BCUT2D eigenvalue weighted by Crippen LogP contribution is 2.39. The quantitative estimate of drug-likeness (QED) is 0.584. The molecule has 6 heteroatoms. The Balaban J connectivity index is 1.47. The third-order valence-electron chi connectivity index (χ3n) is 4.81. The number of thiophene rings is 1. The predicted octanol–water partition coefficient (Wildman–Crippen LogP) is 5.00. The molecule has 4 rings (SSSR count). The summed E-state index contributed by atoms with van der Waals surface area (Å²) in [4.78, 5) is 26.0. The average molecular weight is 407 g/mol. The zero-order valence-corrected chi connectivity index (χ0v) is 16.9. The van der Waals surface area contributed by atoms with Crippen molar-refractivity contribution in [3.63, 3.8) is 0 Å². The average Bonchev–Trinajstić information content (AvgIpc) is 3.29. The molecule has 1 aliphatic rings. The van der Waals surface area contributed by atoms with Crippen LogP contribution in [-0.4, -0.2) is 19.0 Å². The largest absolute Gasteiger partial charge is 0.465 e. The van der Waals surface area contributed by atoms with Gasteiger partial charge in [-0.15, -0.1) is 11.3 Å². The van der Waals surface area contributed by atoms with Crippen LogP contribution in [0.4, 0.5) is 5.00 Å². The SMILES string of the molecule is COC(=O)c1c(NC(=O)Cc2cccc(Oc3ccccc3)c2)sc2c1CCC2. The summed E-state index contributed by atoms with van der Waals surface area (Å²) < 4.78 is 10.8. The Hall–Kier alpha value is -3.12. The standard InChI is InChI=1S/C23H21NO4S/c1-27-23(26)21-18-11-6-12-19(18)29-22(21)24-20(25)14-15-7-5-10-17(13-15)28-16-8-3-2-4-9-16/h2-5,7-10,13H,6,11-12,14H2,1H3,(H,24,25). The van der Waals surface area contributed by atoms with Gasteiger partial charge in [0.25, 0.3) is 0 Å². The molecule has 1 aliphatic carbocycles. The lowest BCUT2D eigenvalue weighted by Gasteiger charge is -2.09. The van der Waals surface area contributed by atoms with Gasteiger partial charge >= 0.3 is 5.97 Å². The van der Waals surface area contributed by atoms with Crippen molar-refractivity contribution in [3.05, 3.63) is 76.2 Å². The Morgan fingerprint density at radius 3 is 2.62 bits per heavy atom. The molecule has 0 unspecified atom stereocenters. The molecule has 148 valence electrons. The first-order valence-corrected chi connectivity index (χ1v) is 10.3. The van der Waals surface area contributed by atoms with E-state index in [1.165, 1.54) is 23.3 Å². The maximum absolute atomic E-state index is 12.6. The van der Waals surface area contributed by atoms with Gasteiger partial charge in [-0.1, -0.05) is 30.3 Å². The minimum absolute atomic E-state index is 0.174. The first-order valence-electron chi connectivity index (χ1n) is 9.48. The summed E-state index contributed by atoms with van der Waals surface area (Å²) in [5.41, 5.74) is 2.37. The zero-order valence-electron chi connectivity index (χ0n) is 16.1. The van der Waals surface area contributed by atoms with Gasteiger partial charge in [-0.2, -0.15) is 0 Å². The number of benzene rings is 2. The van der Waals surface area contributed by atoms with Gasteiger partial charge in [0.15, 0.2) is 0 Å². The summed E-state index contributed by atoms with van der Waals surface area (Å²) in [5.74, 6) is 0.849. The van der Waals surface area contributed by atoms with Crippen LogP contribution in [0.3, 0.4) is 0 Å². The van der Waals surface area contributed by atoms with Gasteiger partial charge in [0.2, 0.25) is 5.91 Å². The molecule has 0 saturated carbocycles. The van der Waals surface area contributed by atoms with E-state index in [1.807, 2.05) is 54.6 Å². The van der Waals surface area contributed by atoms with Crippen LogP contribution >= 0.6 is 11.3 Å². The lowest BCUT2D eigenvalue weighted by atomic mass is 10.1. The van der Waals surface area contributed by atoms with Crippen molar-refractivity contribution < 1.29 is 19.1 Å². The molecule has 1 amide bonds. The Morgan fingerprint density at radius 2 is 1.83 bits per heavy atom. The number of hydrogen-bond acceptors (Lipinski definition) is 5. The Bertz CT molecular complexity index is 1040. The van der Waals surface area contributed by atoms with Gasteiger partial charge in [0.05, 0.1) is 19.1 Å². The number of para-hydroxylation sites is 1. The summed E-state index contributed by atoms with van der Waals surface area (Å²) in [5, 5.41) is 3.50. The summed E-state index contributed by atoms with van der Waals surface area (Å²) >= 11 is 1.48. The number of hydrogen-bond donors (Lipinski definition) is 1. The molecule has 5 nitrogen and oxygen atoms in total. The van der Waals surface area contributed by atoms with Crippen LogP contribution in [0.1, 0.15) is 32.8 Å². The van der Waals surface area contributed by atoms with Crippen LogP contribution in [0.25, 0.3) is 0 Å². The molecule has 2 aromatic carbocycles. The van der Waals surface area contributed by atoms with Gasteiger partial charge in [-0.25, -0.2) is 4.79 Å². The van der Waals surface area contributed by atoms with Crippen LogP contribution in [0, 0.1) is 0 Å². The lowest BCUT2D eigenvalue weighted by molar-refractivity contribution is -0.115. The molecule has 0 aliphatic heterocycles. The van der Waals surface area contributed by atoms with Gasteiger partial charge in [0, 0.05) is 4.88 Å². The normalized spacial score (nSPS) is 12.3. The van der Waals surface area contributed by atoms with Crippen molar-refractivity contribution >= 4 is 28.2 Å². The molecule has 1 heterocycles. The van der Waals surface area contributed by atoms with Gasteiger partial charge in [0.1, 0.15) is 16.5 Å². The maximum atomic E-state index is 12.6. The van der Waals surface area contributed by atoms with Crippen molar-refractivity contribution in [2.75, 3.05) is 12.4 Å². The number of esters is 1. The molecule has 0 fully saturated rings. The number of carbonyl (C=O) groups is 2. The third kappa shape index (κ3) is 4.32. The maximum Gasteiger partial charge on any atom is 0.341 e. The van der Waals surface area contributed by atoms with Crippen molar-refractivity contribution in [2.24, 2.45) is 0 Å². The molecule has 0 saturated heterocycles. The van der Waals surface area contributed by atoms with Crippen LogP contribution in [0.2, 0.25) is 0 Å². The molecular weight excluding hydrogens is 386 g/mol. The fourth-order valence-corrected chi connectivity index (χ4v) is 4.80. The number of nitrogens with one attached hydrogen (secondary N) is 1. The smallest absolute Gasteiger partial charge is 0.341 e. The van der Waals surface area contributed by atoms with Crippen LogP contribution in [0.5, 0.6) is 11.5 Å². The van der Waals surface area contributed by atoms with E-state index in [-0.39, 0.29) is 12.3 Å². The van der Waals surface area contributed by atoms with E-state index in [4.69, 9.17) is 9.47 Å². The second-order valence-electron chi connectivity index (χ2n) is 6.84. The molecule has 3 aromatic rings. The number of methoxy groups -OCH3 is 1. The van der Waals surface area contributed by atoms with Crippen LogP contribution in [-0.2, 0) is 28.8 Å². The van der Waals surface area contributed by atoms with Gasteiger partial charge in [-0.3, -0.25) is 4.79 Å². The van der Waals surface area contributed by atoms with E-state index >= 15 is 0 Å². The molecule has 0 bridgehead atoms. The molecule has 1 N–H and O–H groups in total. The molecule has 0 radical (unpaired) electrons. The van der Waals surface area contributed by atoms with E-state index in [9.17, 15) is 9.59 Å². The molecule has 0 atom stereocenters. The van der Waals surface area contributed by atoms with Crippen LogP contribution in [0.15, 0.2) is 54.6 Å². The van der Waals surface area contributed by atoms with E-state index in [0.717, 1.165) is 36.1 Å². The summed E-state index contributed by atoms with van der Waals surface area (Å²) in [6, 6.07) is 16.9. The molecule has 0 spiro atoms. The minimum atomic E-state index is -0.391. The van der Waals surface area contributed by atoms with Crippen molar-refractivity contribution in [2.45, 2.75) is 25.7 Å². The highest BCUT2D eigenvalue weighted by atomic mass is 32.1. The van der Waals surface area contributed by atoms with E-state index < -0.39 is 5.97 Å². The number of carbonyl (C=O) groups excluding carboxylic acids is 2. The van der Waals surface area contributed by atoms with E-state index in [1.54, 1.807) is 0 Å². The van der Waals surface area contributed by atoms with Crippen molar-refractivity contribution in [1.82, 2.24) is 0 Å². The molecular formula is C23H21NO4S. The van der Waals surface area contributed by atoms with Gasteiger partial charge in [-0.05, 0) is 54.7 Å². The highest BCUT2D eigenvalue weighted by molar-refractivity contribution is 7.17. The second kappa shape index (κ2) is 8.49. The Morgan fingerprint density at radius 1 is 1.03 bits per heavy atom. The number of amides is 1. The number of anilines is 1. The molecule has 29 heavy (non-hydrogen) atoms. The van der Waals surface area contributed by atoms with Crippen molar-refractivity contribution in [1.29, 1.82) is 0 Å². The summed E-state index contributed by atoms with van der Waals surface area (Å²) in [7, 11) is 1.37. The fraction of sp³-hybridized carbons (Fsp3) is 0.217. The number of rotatable bonds is 6.